The lowest BCUT2D eigenvalue weighted by Crippen LogP contribution is -2.30. The van der Waals surface area contributed by atoms with Gasteiger partial charge in [0.05, 0.1) is 31.9 Å². The number of hydrogen-bond acceptors (Lipinski definition) is 7. The number of imide groups is 1. The van der Waals surface area contributed by atoms with Crippen molar-refractivity contribution in [3.63, 3.8) is 0 Å². The Balaban J connectivity index is 1.68. The lowest BCUT2D eigenvalue weighted by Gasteiger charge is -2.18. The molecule has 0 saturated carbocycles. The number of benzene rings is 2. The maximum absolute atomic E-state index is 12.8. The molecule has 0 spiro atoms. The first-order valence-corrected chi connectivity index (χ1v) is 11.5. The smallest absolute Gasteiger partial charge is 0.240 e. The summed E-state index contributed by atoms with van der Waals surface area (Å²) in [5.41, 5.74) is 1.12. The number of anilines is 1. The number of carbonyl (C=O) groups excluding carboxylic acids is 2. The zero-order valence-electron chi connectivity index (χ0n) is 18.2. The van der Waals surface area contributed by atoms with E-state index in [1.807, 2.05) is 12.1 Å². The van der Waals surface area contributed by atoms with Crippen LogP contribution in [0.25, 0.3) is 0 Å². The average Bonchev–Trinajstić information content (AvgIpc) is 3.13. The van der Waals surface area contributed by atoms with Crippen LogP contribution >= 0.6 is 0 Å². The number of aryl methyl sites for hydroxylation is 1. The zero-order valence-corrected chi connectivity index (χ0v) is 19.0. The van der Waals surface area contributed by atoms with Crippen LogP contribution < -0.4 is 23.8 Å². The van der Waals surface area contributed by atoms with Crippen molar-refractivity contribution in [2.24, 2.45) is 0 Å². The molecular formula is C22H26N2O7S. The Kier molecular flexibility index (Phi) is 7.37. The van der Waals surface area contributed by atoms with Gasteiger partial charge in [-0.1, -0.05) is 6.07 Å². The highest BCUT2D eigenvalue weighted by atomic mass is 32.2. The number of ether oxygens (including phenoxy) is 3. The fourth-order valence-electron chi connectivity index (χ4n) is 3.48. The highest BCUT2D eigenvalue weighted by molar-refractivity contribution is 7.89. The first kappa shape index (κ1) is 23.6. The van der Waals surface area contributed by atoms with Crippen molar-refractivity contribution >= 4 is 27.5 Å². The lowest BCUT2D eigenvalue weighted by molar-refractivity contribution is -0.121. The molecule has 0 aromatic heterocycles. The van der Waals surface area contributed by atoms with Gasteiger partial charge < -0.3 is 14.2 Å². The predicted octanol–water partition coefficient (Wildman–Crippen LogP) is 2.28. The van der Waals surface area contributed by atoms with Crippen molar-refractivity contribution < 1.29 is 32.2 Å². The van der Waals surface area contributed by atoms with E-state index in [0.29, 0.717) is 24.3 Å². The van der Waals surface area contributed by atoms with Gasteiger partial charge >= 0.3 is 0 Å². The van der Waals surface area contributed by atoms with Crippen LogP contribution in [-0.2, 0) is 26.0 Å². The van der Waals surface area contributed by atoms with Crippen LogP contribution in [-0.4, -0.2) is 48.1 Å². The summed E-state index contributed by atoms with van der Waals surface area (Å²) >= 11 is 0. The molecule has 1 saturated heterocycles. The van der Waals surface area contributed by atoms with Crippen molar-refractivity contribution in [1.82, 2.24) is 4.72 Å². The fourth-order valence-corrected chi connectivity index (χ4v) is 4.57. The molecule has 1 aliphatic rings. The standard InChI is InChI=1S/C22H26N2O7S/c1-29-18-9-7-16(14-17(18)24-21(25)10-11-22(24)26)32(27,28)23-12-4-5-15-6-8-19(30-2)20(13-15)31-3/h6-9,13-14,23H,4-5,10-12H2,1-3H3. The van der Waals surface area contributed by atoms with E-state index in [9.17, 15) is 18.0 Å². The molecule has 2 amide bonds. The largest absolute Gasteiger partial charge is 0.495 e. The van der Waals surface area contributed by atoms with Gasteiger partial charge in [-0.15, -0.1) is 0 Å². The molecule has 3 rings (SSSR count). The Bertz CT molecular complexity index is 1100. The van der Waals surface area contributed by atoms with Crippen molar-refractivity contribution in [2.45, 2.75) is 30.6 Å². The van der Waals surface area contributed by atoms with E-state index in [1.165, 1.54) is 25.3 Å². The first-order chi connectivity index (χ1) is 15.3. The van der Waals surface area contributed by atoms with E-state index in [0.717, 1.165) is 10.5 Å². The molecule has 1 aliphatic heterocycles. The molecule has 0 unspecified atom stereocenters. The second-order valence-electron chi connectivity index (χ2n) is 7.15. The van der Waals surface area contributed by atoms with Gasteiger partial charge in [0.25, 0.3) is 0 Å². The fraction of sp³-hybridized carbons (Fsp3) is 0.364. The summed E-state index contributed by atoms with van der Waals surface area (Å²) in [4.78, 5) is 25.2. The Labute approximate surface area is 187 Å². The Hall–Kier alpha value is -3.11. The van der Waals surface area contributed by atoms with E-state index < -0.39 is 10.0 Å². The number of carbonyl (C=O) groups is 2. The second-order valence-corrected chi connectivity index (χ2v) is 8.91. The molecule has 2 aromatic carbocycles. The third-order valence-electron chi connectivity index (χ3n) is 5.14. The third kappa shape index (κ3) is 5.03. The zero-order chi connectivity index (χ0) is 23.3. The van der Waals surface area contributed by atoms with Gasteiger partial charge in [0.1, 0.15) is 5.75 Å². The second kappa shape index (κ2) is 10.0. The molecule has 0 atom stereocenters. The molecule has 0 radical (unpaired) electrons. The van der Waals surface area contributed by atoms with Crippen molar-refractivity contribution in [1.29, 1.82) is 0 Å². The van der Waals surface area contributed by atoms with Gasteiger partial charge in [-0.25, -0.2) is 18.0 Å². The lowest BCUT2D eigenvalue weighted by atomic mass is 10.1. The van der Waals surface area contributed by atoms with Gasteiger partial charge in [-0.2, -0.15) is 0 Å². The average molecular weight is 463 g/mol. The van der Waals surface area contributed by atoms with Crippen LogP contribution in [0.4, 0.5) is 5.69 Å². The van der Waals surface area contributed by atoms with Gasteiger partial charge in [0.2, 0.25) is 21.8 Å². The molecule has 1 N–H and O–H groups in total. The minimum atomic E-state index is -3.85. The van der Waals surface area contributed by atoms with Gasteiger partial charge in [0, 0.05) is 19.4 Å². The molecule has 172 valence electrons. The summed E-state index contributed by atoms with van der Waals surface area (Å²) in [6, 6.07) is 9.66. The van der Waals surface area contributed by atoms with Gasteiger partial charge in [-0.05, 0) is 48.7 Å². The van der Waals surface area contributed by atoms with E-state index in [1.54, 1.807) is 20.3 Å². The Morgan fingerprint density at radius 3 is 2.12 bits per heavy atom. The predicted molar refractivity (Wildman–Crippen MR) is 118 cm³/mol. The monoisotopic (exact) mass is 462 g/mol. The molecule has 32 heavy (non-hydrogen) atoms. The number of nitrogens with zero attached hydrogens (tertiary/aromatic N) is 1. The molecular weight excluding hydrogens is 436 g/mol. The molecule has 1 heterocycles. The molecule has 1 fully saturated rings. The summed E-state index contributed by atoms with van der Waals surface area (Å²) in [5, 5.41) is 0. The van der Waals surface area contributed by atoms with Gasteiger partial charge in [0.15, 0.2) is 11.5 Å². The van der Waals surface area contributed by atoms with Crippen LogP contribution in [0.2, 0.25) is 0 Å². The SMILES string of the molecule is COc1ccc(CCCNS(=O)(=O)c2ccc(OC)c(N3C(=O)CCC3=O)c2)cc1OC. The van der Waals surface area contributed by atoms with E-state index in [4.69, 9.17) is 14.2 Å². The minimum Gasteiger partial charge on any atom is -0.495 e. The summed E-state index contributed by atoms with van der Waals surface area (Å²) in [6.07, 6.45) is 1.37. The maximum Gasteiger partial charge on any atom is 0.240 e. The summed E-state index contributed by atoms with van der Waals surface area (Å²) in [7, 11) is 0.663. The highest BCUT2D eigenvalue weighted by Gasteiger charge is 2.33. The summed E-state index contributed by atoms with van der Waals surface area (Å²) < 4.78 is 43.8. The number of nitrogens with one attached hydrogen (secondary N) is 1. The van der Waals surface area contributed by atoms with E-state index >= 15 is 0 Å². The number of sulfonamides is 1. The molecule has 10 heteroatoms. The third-order valence-corrected chi connectivity index (χ3v) is 6.59. The minimum absolute atomic E-state index is 0.0492. The van der Waals surface area contributed by atoms with Crippen LogP contribution in [0.15, 0.2) is 41.3 Å². The molecule has 9 nitrogen and oxygen atoms in total. The quantitative estimate of drug-likeness (QED) is 0.426. The van der Waals surface area contributed by atoms with Crippen LogP contribution in [0.1, 0.15) is 24.8 Å². The topological polar surface area (TPSA) is 111 Å². The summed E-state index contributed by atoms with van der Waals surface area (Å²) in [6.45, 7) is 0.208. The molecule has 2 aromatic rings. The van der Waals surface area contributed by atoms with Crippen molar-refractivity contribution in [3.05, 3.63) is 42.0 Å². The van der Waals surface area contributed by atoms with Crippen molar-refractivity contribution in [2.75, 3.05) is 32.8 Å². The van der Waals surface area contributed by atoms with Crippen LogP contribution in [0, 0.1) is 0 Å². The highest BCUT2D eigenvalue weighted by Crippen LogP contribution is 2.34. The molecule has 0 aliphatic carbocycles. The van der Waals surface area contributed by atoms with E-state index in [2.05, 4.69) is 4.72 Å². The van der Waals surface area contributed by atoms with Crippen molar-refractivity contribution in [3.8, 4) is 17.2 Å². The van der Waals surface area contributed by atoms with Gasteiger partial charge in [-0.3, -0.25) is 9.59 Å². The normalized spacial score (nSPS) is 14.0. The number of methoxy groups -OCH3 is 3. The maximum atomic E-state index is 12.8. The number of rotatable bonds is 10. The van der Waals surface area contributed by atoms with Crippen LogP contribution in [0.3, 0.4) is 0 Å². The number of amides is 2. The Morgan fingerprint density at radius 1 is 0.875 bits per heavy atom. The summed E-state index contributed by atoms with van der Waals surface area (Å²) in [5.74, 6) is 0.724. The van der Waals surface area contributed by atoms with E-state index in [-0.39, 0.29) is 47.5 Å². The van der Waals surface area contributed by atoms with Crippen LogP contribution in [0.5, 0.6) is 17.2 Å². The first-order valence-electron chi connectivity index (χ1n) is 10.0. The number of hydrogen-bond donors (Lipinski definition) is 1. The Morgan fingerprint density at radius 2 is 1.50 bits per heavy atom. The molecule has 0 bridgehead atoms.